The van der Waals surface area contributed by atoms with Crippen LogP contribution >= 0.6 is 0 Å². The molecule has 56 valence electrons. The second kappa shape index (κ2) is 2.54. The van der Waals surface area contributed by atoms with Gasteiger partial charge in [0.25, 0.3) is 5.82 Å². The van der Waals surface area contributed by atoms with Gasteiger partial charge in [-0.1, -0.05) is 11.6 Å². The molecule has 0 bridgehead atoms. The van der Waals surface area contributed by atoms with Crippen LogP contribution < -0.4 is 5.73 Å². The van der Waals surface area contributed by atoms with Crippen molar-refractivity contribution < 1.29 is 0 Å². The summed E-state index contributed by atoms with van der Waals surface area (Å²) < 4.78 is 0. The zero-order valence-electron chi connectivity index (χ0n) is 6.42. The Morgan fingerprint density at radius 1 is 1.27 bits per heavy atom. The Hall–Kier alpha value is -1.63. The summed E-state index contributed by atoms with van der Waals surface area (Å²) in [5.74, 6) is 0.620. The van der Waals surface area contributed by atoms with Crippen LogP contribution in [0.3, 0.4) is 0 Å². The molecule has 0 aromatic carbocycles. The number of aromatic nitrogens is 2. The van der Waals surface area contributed by atoms with Crippen LogP contribution in [-0.4, -0.2) is 9.97 Å². The smallest absolute Gasteiger partial charge is 0.293 e. The highest BCUT2D eigenvalue weighted by atomic mass is 15.0. The van der Waals surface area contributed by atoms with Crippen molar-refractivity contribution in [1.29, 1.82) is 0 Å². The maximum absolute atomic E-state index is 6.72. The van der Waals surface area contributed by atoms with Crippen LogP contribution in [0.25, 0.3) is 4.85 Å². The minimum atomic E-state index is 0.285. The van der Waals surface area contributed by atoms with Gasteiger partial charge in [-0.25, -0.2) is 0 Å². The molecular formula is C7H8N4. The van der Waals surface area contributed by atoms with Gasteiger partial charge < -0.3 is 10.6 Å². The molecule has 0 unspecified atom stereocenters. The van der Waals surface area contributed by atoms with E-state index in [4.69, 9.17) is 12.3 Å². The third kappa shape index (κ3) is 1.27. The van der Waals surface area contributed by atoms with Crippen molar-refractivity contribution >= 4 is 11.6 Å². The molecule has 0 fully saturated rings. The molecule has 0 saturated heterocycles. The first-order valence-corrected chi connectivity index (χ1v) is 3.13. The number of hydrogen-bond acceptors (Lipinski definition) is 3. The summed E-state index contributed by atoms with van der Waals surface area (Å²) >= 11 is 0. The van der Waals surface area contributed by atoms with Crippen molar-refractivity contribution in [3.05, 3.63) is 22.8 Å². The van der Waals surface area contributed by atoms with Gasteiger partial charge in [0.1, 0.15) is 5.69 Å². The van der Waals surface area contributed by atoms with Gasteiger partial charge >= 0.3 is 0 Å². The Balaban J connectivity index is 3.35. The molecule has 1 rings (SSSR count). The molecule has 2 N–H and O–H groups in total. The van der Waals surface area contributed by atoms with Crippen molar-refractivity contribution in [3.8, 4) is 0 Å². The summed E-state index contributed by atoms with van der Waals surface area (Å²) in [6.07, 6.45) is 0. The zero-order chi connectivity index (χ0) is 8.43. The van der Waals surface area contributed by atoms with Crippen LogP contribution in [0.5, 0.6) is 0 Å². The van der Waals surface area contributed by atoms with Gasteiger partial charge in [0.05, 0.1) is 5.69 Å². The van der Waals surface area contributed by atoms with E-state index in [2.05, 4.69) is 14.8 Å². The Kier molecular flexibility index (Phi) is 1.73. The molecule has 0 atom stereocenters. The first kappa shape index (κ1) is 7.48. The average molecular weight is 148 g/mol. The van der Waals surface area contributed by atoms with Gasteiger partial charge in [0.15, 0.2) is 0 Å². The molecule has 0 saturated carbocycles. The van der Waals surface area contributed by atoms with E-state index in [-0.39, 0.29) is 5.82 Å². The molecule has 4 heteroatoms. The van der Waals surface area contributed by atoms with Gasteiger partial charge in [-0.05, 0) is 13.8 Å². The Bertz CT molecular complexity index is 324. The van der Waals surface area contributed by atoms with E-state index >= 15 is 0 Å². The molecule has 0 radical (unpaired) electrons. The van der Waals surface area contributed by atoms with E-state index in [0.29, 0.717) is 17.2 Å². The zero-order valence-corrected chi connectivity index (χ0v) is 6.42. The monoisotopic (exact) mass is 148 g/mol. The molecule has 0 amide bonds. The predicted octanol–water partition coefficient (Wildman–Crippen LogP) is 1.23. The van der Waals surface area contributed by atoms with Crippen LogP contribution in [0.2, 0.25) is 0 Å². The maximum Gasteiger partial charge on any atom is 0.293 e. The summed E-state index contributed by atoms with van der Waals surface area (Å²) in [4.78, 5) is 11.1. The maximum atomic E-state index is 6.72. The molecule has 0 aliphatic rings. The summed E-state index contributed by atoms with van der Waals surface area (Å²) in [6, 6.07) is 0. The van der Waals surface area contributed by atoms with Crippen LogP contribution in [0.4, 0.5) is 11.6 Å². The lowest BCUT2D eigenvalue weighted by atomic mass is 10.4. The fourth-order valence-electron chi connectivity index (χ4n) is 0.741. The molecule has 4 nitrogen and oxygen atoms in total. The minimum absolute atomic E-state index is 0.285. The first-order valence-electron chi connectivity index (χ1n) is 3.13. The van der Waals surface area contributed by atoms with Crippen LogP contribution in [0.15, 0.2) is 0 Å². The van der Waals surface area contributed by atoms with Gasteiger partial charge in [0, 0.05) is 0 Å². The van der Waals surface area contributed by atoms with E-state index in [9.17, 15) is 0 Å². The molecular weight excluding hydrogens is 140 g/mol. The fourth-order valence-corrected chi connectivity index (χ4v) is 0.741. The highest BCUT2D eigenvalue weighted by molar-refractivity contribution is 5.48. The lowest BCUT2D eigenvalue weighted by Gasteiger charge is -1.97. The predicted molar refractivity (Wildman–Crippen MR) is 42.2 cm³/mol. The highest BCUT2D eigenvalue weighted by Crippen LogP contribution is 2.16. The summed E-state index contributed by atoms with van der Waals surface area (Å²) in [5.41, 5.74) is 6.76. The van der Waals surface area contributed by atoms with Crippen LogP contribution in [0, 0.1) is 20.4 Å². The third-order valence-corrected chi connectivity index (χ3v) is 1.36. The first-order chi connectivity index (χ1) is 5.15. The van der Waals surface area contributed by atoms with Crippen molar-refractivity contribution in [2.24, 2.45) is 0 Å². The number of anilines is 1. The number of aryl methyl sites for hydroxylation is 2. The number of nitrogens with two attached hydrogens (primary N) is 1. The third-order valence-electron chi connectivity index (χ3n) is 1.36. The number of nitrogen functional groups attached to an aromatic ring is 1. The van der Waals surface area contributed by atoms with Gasteiger partial charge in [-0.2, -0.15) is 0 Å². The van der Waals surface area contributed by atoms with Gasteiger partial charge in [-0.3, -0.25) is 4.98 Å². The van der Waals surface area contributed by atoms with Crippen LogP contribution in [-0.2, 0) is 0 Å². The summed E-state index contributed by atoms with van der Waals surface area (Å²) in [6.45, 7) is 10.2. The second-order valence-electron chi connectivity index (χ2n) is 2.22. The molecule has 0 spiro atoms. The number of nitrogens with zero attached hydrogens (tertiary/aromatic N) is 3. The summed E-state index contributed by atoms with van der Waals surface area (Å²) in [7, 11) is 0. The lowest BCUT2D eigenvalue weighted by molar-refractivity contribution is 1.08. The molecule has 0 aliphatic carbocycles. The summed E-state index contributed by atoms with van der Waals surface area (Å²) in [5, 5.41) is 0. The Morgan fingerprint density at radius 3 is 2.45 bits per heavy atom. The van der Waals surface area contributed by atoms with Crippen LogP contribution in [0.1, 0.15) is 11.4 Å². The largest absolute Gasteiger partial charge is 0.363 e. The van der Waals surface area contributed by atoms with Gasteiger partial charge in [-0.15, -0.1) is 0 Å². The average Bonchev–Trinajstić information content (AvgIpc) is 1.97. The van der Waals surface area contributed by atoms with Crippen molar-refractivity contribution in [2.45, 2.75) is 13.8 Å². The van der Waals surface area contributed by atoms with E-state index in [1.165, 1.54) is 0 Å². The quantitative estimate of drug-likeness (QED) is 0.563. The second-order valence-corrected chi connectivity index (χ2v) is 2.22. The molecule has 1 heterocycles. The number of hydrogen-bond donors (Lipinski definition) is 1. The van der Waals surface area contributed by atoms with Crippen molar-refractivity contribution in [1.82, 2.24) is 9.97 Å². The minimum Gasteiger partial charge on any atom is -0.363 e. The SMILES string of the molecule is [C-]#[N+]c1nc(N)c(C)nc1C. The van der Waals surface area contributed by atoms with E-state index in [0.717, 1.165) is 0 Å². The van der Waals surface area contributed by atoms with Crippen molar-refractivity contribution in [3.63, 3.8) is 0 Å². The molecule has 11 heavy (non-hydrogen) atoms. The Morgan fingerprint density at radius 2 is 1.91 bits per heavy atom. The highest BCUT2D eigenvalue weighted by Gasteiger charge is 2.06. The molecule has 1 aromatic rings. The van der Waals surface area contributed by atoms with E-state index in [1.54, 1.807) is 13.8 Å². The topological polar surface area (TPSA) is 56.2 Å². The normalized spacial score (nSPS) is 9.18. The van der Waals surface area contributed by atoms with E-state index < -0.39 is 0 Å². The number of rotatable bonds is 0. The fraction of sp³-hybridized carbons (Fsp3) is 0.286. The Labute approximate surface area is 64.9 Å². The molecule has 0 aliphatic heterocycles. The van der Waals surface area contributed by atoms with Crippen molar-refractivity contribution in [2.75, 3.05) is 5.73 Å². The van der Waals surface area contributed by atoms with E-state index in [1.807, 2.05) is 0 Å². The molecule has 1 aromatic heterocycles. The standard InChI is InChI=1S/C7H8N4/c1-4-6(8)11-7(9-3)5(2)10-4/h1-2H3,(H2,8,11). The van der Waals surface area contributed by atoms with Gasteiger partial charge in [0.2, 0.25) is 5.82 Å². The lowest BCUT2D eigenvalue weighted by Crippen LogP contribution is -1.98.